The van der Waals surface area contributed by atoms with E-state index in [2.05, 4.69) is 0 Å². The van der Waals surface area contributed by atoms with Gasteiger partial charge in [0.25, 0.3) is 0 Å². The van der Waals surface area contributed by atoms with E-state index in [1.54, 1.807) is 31.0 Å². The number of benzene rings is 1. The zero-order valence-electron chi connectivity index (χ0n) is 9.07. The van der Waals surface area contributed by atoms with E-state index in [0.29, 0.717) is 5.56 Å². The molecule has 4 heteroatoms. The second-order valence-corrected chi connectivity index (χ2v) is 3.77. The van der Waals surface area contributed by atoms with Gasteiger partial charge < -0.3 is 9.47 Å². The molecular weight excluding hydrogens is 212 g/mol. The first-order valence-corrected chi connectivity index (χ1v) is 5.69. The van der Waals surface area contributed by atoms with Crippen molar-refractivity contribution < 1.29 is 14.3 Å². The van der Waals surface area contributed by atoms with Crippen molar-refractivity contribution in [1.29, 1.82) is 0 Å². The van der Waals surface area contributed by atoms with Crippen LogP contribution in [0.5, 0.6) is 5.75 Å². The maximum absolute atomic E-state index is 11.5. The highest BCUT2D eigenvalue weighted by Crippen LogP contribution is 2.28. The summed E-state index contributed by atoms with van der Waals surface area (Å²) in [5.41, 5.74) is 0.617. The first kappa shape index (κ1) is 12.1. The molecule has 0 radical (unpaired) electrons. The maximum Gasteiger partial charge on any atom is 0.188 e. The third kappa shape index (κ3) is 2.97. The van der Waals surface area contributed by atoms with Gasteiger partial charge in [-0.2, -0.15) is 0 Å². The van der Waals surface area contributed by atoms with Gasteiger partial charge in [0.2, 0.25) is 0 Å². The molecule has 0 spiro atoms. The lowest BCUT2D eigenvalue weighted by atomic mass is 10.1. The van der Waals surface area contributed by atoms with Gasteiger partial charge in [-0.3, -0.25) is 4.79 Å². The van der Waals surface area contributed by atoms with Crippen LogP contribution in [0.25, 0.3) is 0 Å². The molecule has 0 aliphatic rings. The van der Waals surface area contributed by atoms with Crippen molar-refractivity contribution in [1.82, 2.24) is 0 Å². The van der Waals surface area contributed by atoms with E-state index in [4.69, 9.17) is 9.47 Å². The maximum atomic E-state index is 11.5. The minimum atomic E-state index is -0.0385. The summed E-state index contributed by atoms with van der Waals surface area (Å²) in [5, 5.41) is 0. The third-order valence-electron chi connectivity index (χ3n) is 1.98. The van der Waals surface area contributed by atoms with Crippen LogP contribution in [-0.2, 0) is 4.74 Å². The van der Waals surface area contributed by atoms with Crippen LogP contribution in [0.4, 0.5) is 0 Å². The van der Waals surface area contributed by atoms with Crippen molar-refractivity contribution in [3.63, 3.8) is 0 Å². The van der Waals surface area contributed by atoms with Gasteiger partial charge in [-0.25, -0.2) is 0 Å². The fourth-order valence-corrected chi connectivity index (χ4v) is 1.77. The summed E-state index contributed by atoms with van der Waals surface area (Å²) in [6.45, 7) is 0.0990. The van der Waals surface area contributed by atoms with E-state index in [1.807, 2.05) is 12.3 Å². The Morgan fingerprint density at radius 3 is 2.67 bits per heavy atom. The molecule has 15 heavy (non-hydrogen) atoms. The lowest BCUT2D eigenvalue weighted by Gasteiger charge is -2.07. The average Bonchev–Trinajstić information content (AvgIpc) is 2.28. The molecule has 1 aromatic carbocycles. The van der Waals surface area contributed by atoms with E-state index < -0.39 is 0 Å². The SMILES string of the molecule is COCC(=O)c1ccc(SC)c(OC)c1. The van der Waals surface area contributed by atoms with Crippen molar-refractivity contribution in [2.45, 2.75) is 4.90 Å². The second-order valence-electron chi connectivity index (χ2n) is 2.93. The summed E-state index contributed by atoms with van der Waals surface area (Å²) in [4.78, 5) is 12.5. The molecule has 0 aliphatic heterocycles. The average molecular weight is 226 g/mol. The van der Waals surface area contributed by atoms with Gasteiger partial charge in [0.05, 0.1) is 7.11 Å². The number of thioether (sulfide) groups is 1. The monoisotopic (exact) mass is 226 g/mol. The zero-order valence-corrected chi connectivity index (χ0v) is 9.89. The molecule has 0 aliphatic carbocycles. The van der Waals surface area contributed by atoms with Crippen LogP contribution in [0.3, 0.4) is 0 Å². The van der Waals surface area contributed by atoms with Crippen LogP contribution >= 0.6 is 11.8 Å². The summed E-state index contributed by atoms with van der Waals surface area (Å²) < 4.78 is 9.98. The number of rotatable bonds is 5. The van der Waals surface area contributed by atoms with Crippen LogP contribution in [0, 0.1) is 0 Å². The van der Waals surface area contributed by atoms with Gasteiger partial charge in [-0.05, 0) is 24.5 Å². The molecule has 0 amide bonds. The van der Waals surface area contributed by atoms with Crippen molar-refractivity contribution in [3.8, 4) is 5.75 Å². The highest BCUT2D eigenvalue weighted by atomic mass is 32.2. The number of hydrogen-bond acceptors (Lipinski definition) is 4. The van der Waals surface area contributed by atoms with E-state index in [0.717, 1.165) is 10.6 Å². The standard InChI is InChI=1S/C11H14O3S/c1-13-7-9(12)8-4-5-11(15-3)10(6-8)14-2/h4-6H,7H2,1-3H3. The van der Waals surface area contributed by atoms with Crippen molar-refractivity contribution in [3.05, 3.63) is 23.8 Å². The second kappa shape index (κ2) is 5.78. The molecule has 0 unspecified atom stereocenters. The van der Waals surface area contributed by atoms with Crippen LogP contribution in [0.15, 0.2) is 23.1 Å². The number of ketones is 1. The van der Waals surface area contributed by atoms with Crippen LogP contribution < -0.4 is 4.74 Å². The lowest BCUT2D eigenvalue weighted by molar-refractivity contribution is 0.0847. The molecule has 0 saturated carbocycles. The Labute approximate surface area is 93.8 Å². The third-order valence-corrected chi connectivity index (χ3v) is 2.76. The molecule has 0 saturated heterocycles. The summed E-state index contributed by atoms with van der Waals surface area (Å²) in [5.74, 6) is 0.688. The largest absolute Gasteiger partial charge is 0.496 e. The smallest absolute Gasteiger partial charge is 0.188 e. The summed E-state index contributed by atoms with van der Waals surface area (Å²) in [6, 6.07) is 5.41. The van der Waals surface area contributed by atoms with Crippen LogP contribution in [-0.4, -0.2) is 32.9 Å². The molecule has 0 N–H and O–H groups in total. The number of carbonyl (C=O) groups excluding carboxylic acids is 1. The van der Waals surface area contributed by atoms with E-state index >= 15 is 0 Å². The summed E-state index contributed by atoms with van der Waals surface area (Å²) in [7, 11) is 3.10. The van der Waals surface area contributed by atoms with Crippen LogP contribution in [0.2, 0.25) is 0 Å². The Balaban J connectivity index is 2.97. The molecule has 3 nitrogen and oxygen atoms in total. The van der Waals surface area contributed by atoms with E-state index in [-0.39, 0.29) is 12.4 Å². The topological polar surface area (TPSA) is 35.5 Å². The highest BCUT2D eigenvalue weighted by molar-refractivity contribution is 7.98. The van der Waals surface area contributed by atoms with E-state index in [9.17, 15) is 4.79 Å². The molecule has 0 bridgehead atoms. The molecular formula is C11H14O3S. The fourth-order valence-electron chi connectivity index (χ4n) is 1.22. The number of methoxy groups -OCH3 is 2. The van der Waals surface area contributed by atoms with Crippen molar-refractivity contribution in [2.24, 2.45) is 0 Å². The minimum Gasteiger partial charge on any atom is -0.496 e. The van der Waals surface area contributed by atoms with Gasteiger partial charge in [0, 0.05) is 17.6 Å². The number of hydrogen-bond donors (Lipinski definition) is 0. The molecule has 0 fully saturated rings. The highest BCUT2D eigenvalue weighted by Gasteiger charge is 2.09. The number of ether oxygens (including phenoxy) is 2. The first-order valence-electron chi connectivity index (χ1n) is 4.47. The predicted molar refractivity (Wildman–Crippen MR) is 61.0 cm³/mol. The molecule has 82 valence electrons. The normalized spacial score (nSPS) is 10.1. The molecule has 0 atom stereocenters. The van der Waals surface area contributed by atoms with E-state index in [1.165, 1.54) is 7.11 Å². The van der Waals surface area contributed by atoms with Gasteiger partial charge in [-0.15, -0.1) is 11.8 Å². The fraction of sp³-hybridized carbons (Fsp3) is 0.364. The summed E-state index contributed by atoms with van der Waals surface area (Å²) in [6.07, 6.45) is 1.97. The van der Waals surface area contributed by atoms with Crippen molar-refractivity contribution in [2.75, 3.05) is 27.1 Å². The Morgan fingerprint density at radius 2 is 2.13 bits per heavy atom. The molecule has 0 heterocycles. The Hall–Kier alpha value is -1.00. The minimum absolute atomic E-state index is 0.0385. The molecule has 0 aromatic heterocycles. The quantitative estimate of drug-likeness (QED) is 0.570. The zero-order chi connectivity index (χ0) is 11.3. The summed E-state index contributed by atoms with van der Waals surface area (Å²) >= 11 is 1.59. The van der Waals surface area contributed by atoms with Gasteiger partial charge >= 0.3 is 0 Å². The lowest BCUT2D eigenvalue weighted by Crippen LogP contribution is -2.07. The predicted octanol–water partition coefficient (Wildman–Crippen LogP) is 2.25. The Kier molecular flexibility index (Phi) is 4.65. The van der Waals surface area contributed by atoms with Crippen LogP contribution in [0.1, 0.15) is 10.4 Å². The molecule has 1 rings (SSSR count). The number of carbonyl (C=O) groups is 1. The first-order chi connectivity index (χ1) is 7.22. The van der Waals surface area contributed by atoms with Gasteiger partial charge in [0.15, 0.2) is 5.78 Å². The van der Waals surface area contributed by atoms with Crippen molar-refractivity contribution >= 4 is 17.5 Å². The Morgan fingerprint density at radius 1 is 1.40 bits per heavy atom. The molecule has 1 aromatic rings. The Bertz CT molecular complexity index is 350. The van der Waals surface area contributed by atoms with Gasteiger partial charge in [0.1, 0.15) is 12.4 Å². The van der Waals surface area contributed by atoms with Gasteiger partial charge in [-0.1, -0.05) is 0 Å². The number of Topliss-reactive ketones (excluding diaryl/α,β-unsaturated/α-hetero) is 1.